The normalized spacial score (nSPS) is 12.4. The first-order valence-electron chi connectivity index (χ1n) is 13.1. The molecule has 3 heteroatoms. The van der Waals surface area contributed by atoms with E-state index in [9.17, 15) is 0 Å². The fourth-order valence-corrected chi connectivity index (χ4v) is 6.88. The molecule has 2 nitrogen and oxygen atoms in total. The van der Waals surface area contributed by atoms with E-state index >= 15 is 0 Å². The number of nitrogens with zero attached hydrogens (tertiary/aromatic N) is 1. The fourth-order valence-electron chi connectivity index (χ4n) is 5.96. The smallest absolute Gasteiger partial charge is 0.0620 e. The molecule has 0 fully saturated rings. The number of allylic oxidation sites excluding steroid dienone is 2. The molecular formula is C36H24N2S. The minimum absolute atomic E-state index is 1.06. The van der Waals surface area contributed by atoms with E-state index in [1.165, 1.54) is 53.7 Å². The highest BCUT2D eigenvalue weighted by atomic mass is 32.1. The van der Waals surface area contributed by atoms with Crippen LogP contribution in [0.5, 0.6) is 0 Å². The molecular weight excluding hydrogens is 492 g/mol. The fraction of sp³-hybridized carbons (Fsp3) is 0. The Morgan fingerprint density at radius 1 is 0.667 bits per heavy atom. The van der Waals surface area contributed by atoms with Gasteiger partial charge < -0.3 is 9.72 Å². The van der Waals surface area contributed by atoms with Crippen molar-refractivity contribution in [3.8, 4) is 0 Å². The Labute approximate surface area is 230 Å². The van der Waals surface area contributed by atoms with Crippen molar-refractivity contribution in [2.24, 2.45) is 0 Å². The topological polar surface area (TPSA) is 16.4 Å². The van der Waals surface area contributed by atoms with Crippen LogP contribution < -0.4 is 5.32 Å². The Hall–Kier alpha value is -4.86. The molecule has 3 heterocycles. The zero-order chi connectivity index (χ0) is 25.9. The third-order valence-electron chi connectivity index (χ3n) is 7.77. The van der Waals surface area contributed by atoms with E-state index in [0.717, 1.165) is 22.5 Å². The number of nitrogens with one attached hydrogen (secondary N) is 1. The van der Waals surface area contributed by atoms with Crippen molar-refractivity contribution in [1.82, 2.24) is 4.40 Å². The monoisotopic (exact) mass is 516 g/mol. The molecule has 0 saturated carbocycles. The number of hydrogen-bond acceptors (Lipinski definition) is 2. The Morgan fingerprint density at radius 2 is 1.36 bits per heavy atom. The van der Waals surface area contributed by atoms with Crippen molar-refractivity contribution in [3.63, 3.8) is 0 Å². The first-order chi connectivity index (χ1) is 19.3. The lowest BCUT2D eigenvalue weighted by atomic mass is 10.0. The minimum Gasteiger partial charge on any atom is -0.356 e. The molecule has 0 amide bonds. The highest BCUT2D eigenvalue weighted by molar-refractivity contribution is 7.17. The van der Waals surface area contributed by atoms with Gasteiger partial charge in [-0.25, -0.2) is 0 Å². The van der Waals surface area contributed by atoms with Gasteiger partial charge in [0.1, 0.15) is 0 Å². The summed E-state index contributed by atoms with van der Waals surface area (Å²) in [5.74, 6) is 0. The van der Waals surface area contributed by atoms with E-state index in [1.54, 1.807) is 11.3 Å². The van der Waals surface area contributed by atoms with Crippen LogP contribution in [0.3, 0.4) is 0 Å². The van der Waals surface area contributed by atoms with Crippen LogP contribution in [-0.2, 0) is 0 Å². The summed E-state index contributed by atoms with van der Waals surface area (Å²) < 4.78 is 3.71. The van der Waals surface area contributed by atoms with Gasteiger partial charge in [0, 0.05) is 37.6 Å². The number of hydrogen-bond donors (Lipinski definition) is 1. The SMILES string of the molecule is C=C/C(=C\c1csc2ccccc12)c1ccc(Nc2ccc3c(c2)c2cccc4c5ccccc5n3c42)cc1. The maximum Gasteiger partial charge on any atom is 0.0620 e. The van der Waals surface area contributed by atoms with Crippen molar-refractivity contribution < 1.29 is 0 Å². The average Bonchev–Trinajstić information content (AvgIpc) is 3.65. The average molecular weight is 517 g/mol. The first-order valence-corrected chi connectivity index (χ1v) is 14.0. The third-order valence-corrected chi connectivity index (χ3v) is 8.75. The largest absolute Gasteiger partial charge is 0.356 e. The van der Waals surface area contributed by atoms with Crippen molar-refractivity contribution in [3.05, 3.63) is 138 Å². The molecule has 0 radical (unpaired) electrons. The zero-order valence-electron chi connectivity index (χ0n) is 21.2. The lowest BCUT2D eigenvalue weighted by molar-refractivity contribution is 1.37. The molecule has 1 N–H and O–H groups in total. The van der Waals surface area contributed by atoms with Gasteiger partial charge in [-0.1, -0.05) is 79.4 Å². The van der Waals surface area contributed by atoms with E-state index in [-0.39, 0.29) is 0 Å². The quantitative estimate of drug-likeness (QED) is 0.225. The predicted molar refractivity (Wildman–Crippen MR) is 171 cm³/mol. The van der Waals surface area contributed by atoms with Crippen LogP contribution in [0.15, 0.2) is 127 Å². The van der Waals surface area contributed by atoms with Gasteiger partial charge in [0.25, 0.3) is 0 Å². The molecule has 0 aliphatic rings. The van der Waals surface area contributed by atoms with Crippen LogP contribution in [0.25, 0.3) is 59.8 Å². The molecule has 8 rings (SSSR count). The van der Waals surface area contributed by atoms with Crippen molar-refractivity contribution in [1.29, 1.82) is 0 Å². The Morgan fingerprint density at radius 3 is 2.21 bits per heavy atom. The van der Waals surface area contributed by atoms with E-state index in [4.69, 9.17) is 0 Å². The van der Waals surface area contributed by atoms with Crippen LogP contribution in [-0.4, -0.2) is 4.40 Å². The lowest BCUT2D eigenvalue weighted by Crippen LogP contribution is -1.91. The Bertz CT molecular complexity index is 2210. The molecule has 0 spiro atoms. The van der Waals surface area contributed by atoms with Crippen LogP contribution >= 0.6 is 11.3 Å². The van der Waals surface area contributed by atoms with Gasteiger partial charge in [0.05, 0.1) is 16.6 Å². The molecule has 3 aromatic heterocycles. The van der Waals surface area contributed by atoms with E-state index in [2.05, 4.69) is 137 Å². The molecule has 0 aliphatic carbocycles. The summed E-state index contributed by atoms with van der Waals surface area (Å²) in [5, 5.41) is 12.3. The summed E-state index contributed by atoms with van der Waals surface area (Å²) in [6, 6.07) is 39.2. The number of rotatable bonds is 5. The number of thiophene rings is 1. The zero-order valence-corrected chi connectivity index (χ0v) is 22.0. The maximum absolute atomic E-state index is 4.09. The van der Waals surface area contributed by atoms with E-state index < -0.39 is 0 Å². The van der Waals surface area contributed by atoms with Gasteiger partial charge in [-0.05, 0) is 76.0 Å². The van der Waals surface area contributed by atoms with Gasteiger partial charge in [0.15, 0.2) is 0 Å². The highest BCUT2D eigenvalue weighted by Gasteiger charge is 2.16. The summed E-state index contributed by atoms with van der Waals surface area (Å²) in [4.78, 5) is 0. The first kappa shape index (κ1) is 22.2. The number of para-hydroxylation sites is 2. The number of aromatic nitrogens is 1. The van der Waals surface area contributed by atoms with Gasteiger partial charge >= 0.3 is 0 Å². The number of benzene rings is 5. The number of anilines is 2. The van der Waals surface area contributed by atoms with Crippen molar-refractivity contribution in [2.75, 3.05) is 5.32 Å². The molecule has 0 bridgehead atoms. The van der Waals surface area contributed by atoms with Crippen LogP contribution in [0.1, 0.15) is 11.1 Å². The van der Waals surface area contributed by atoms with Gasteiger partial charge in [-0.3, -0.25) is 0 Å². The minimum atomic E-state index is 1.06. The summed E-state index contributed by atoms with van der Waals surface area (Å²) >= 11 is 1.78. The third kappa shape index (κ3) is 3.41. The van der Waals surface area contributed by atoms with Gasteiger partial charge in [0.2, 0.25) is 0 Å². The highest BCUT2D eigenvalue weighted by Crippen LogP contribution is 2.40. The van der Waals surface area contributed by atoms with Crippen molar-refractivity contribution in [2.45, 2.75) is 0 Å². The molecule has 5 aromatic carbocycles. The second-order valence-electron chi connectivity index (χ2n) is 9.98. The van der Waals surface area contributed by atoms with Gasteiger partial charge in [-0.2, -0.15) is 0 Å². The van der Waals surface area contributed by atoms with Crippen LogP contribution in [0, 0.1) is 0 Å². The Balaban J connectivity index is 1.14. The summed E-state index contributed by atoms with van der Waals surface area (Å²) in [5.41, 5.74) is 9.45. The predicted octanol–water partition coefficient (Wildman–Crippen LogP) is 10.5. The van der Waals surface area contributed by atoms with E-state index in [1.807, 2.05) is 6.08 Å². The molecule has 8 aromatic rings. The maximum atomic E-state index is 4.09. The van der Waals surface area contributed by atoms with Crippen LogP contribution in [0.4, 0.5) is 11.4 Å². The molecule has 0 unspecified atom stereocenters. The van der Waals surface area contributed by atoms with Crippen molar-refractivity contribution >= 4 is 82.5 Å². The standard InChI is InChI=1S/C36H24N2S/c1-2-23(20-25-22-39-35-13-6-4-8-28(25)35)24-14-16-26(17-15-24)37-27-18-19-34-32(21-27)31-11-7-10-30-29-9-3-5-12-33(29)38(34)36(30)31/h2-22,37H,1H2/b23-20+. The molecule has 39 heavy (non-hydrogen) atoms. The summed E-state index contributed by atoms with van der Waals surface area (Å²) in [6.45, 7) is 4.09. The lowest BCUT2D eigenvalue weighted by Gasteiger charge is -2.09. The number of fused-ring (bicyclic) bond motifs is 7. The van der Waals surface area contributed by atoms with Crippen LogP contribution in [0.2, 0.25) is 0 Å². The molecule has 0 saturated heterocycles. The van der Waals surface area contributed by atoms with E-state index in [0.29, 0.717) is 0 Å². The second kappa shape index (κ2) is 8.59. The Kier molecular flexibility index (Phi) is 4.88. The molecule has 0 aliphatic heterocycles. The molecule has 0 atom stereocenters. The summed E-state index contributed by atoms with van der Waals surface area (Å²) in [6.07, 6.45) is 4.17. The molecule has 184 valence electrons. The second-order valence-corrected chi connectivity index (χ2v) is 10.9. The summed E-state index contributed by atoms with van der Waals surface area (Å²) in [7, 11) is 0. The van der Waals surface area contributed by atoms with Gasteiger partial charge in [-0.15, -0.1) is 11.3 Å².